The van der Waals surface area contributed by atoms with E-state index in [-0.39, 0.29) is 29.8 Å². The zero-order chi connectivity index (χ0) is 59.1. The van der Waals surface area contributed by atoms with E-state index in [1.54, 1.807) is 57.3 Å². The SMILES string of the molecule is C[C@H](N)C(=O)N[C@H](C(=O)N1CCC[C@H]1c1nc(-c2cccc3ccccc23)cs1)C(C)(C)C.C[C@H](NC(=O)OC(C)(C)C)C(=O)N[C@H](C(=O)N1CCC[C@H]1c1nc(-c2cccc3ccccc23)cs1)C(C)(C)C.O=C(O)C(F)(F)F. The Morgan fingerprint density at radius 1 is 0.625 bits per heavy atom. The van der Waals surface area contributed by atoms with Gasteiger partial charge in [0.15, 0.2) is 0 Å². The van der Waals surface area contributed by atoms with Gasteiger partial charge in [0, 0.05) is 35.0 Å². The summed E-state index contributed by atoms with van der Waals surface area (Å²) in [6, 6.07) is 25.8. The summed E-state index contributed by atoms with van der Waals surface area (Å²) < 4.78 is 37.0. The Balaban J connectivity index is 0.000000234. The average molecular weight is 1140 g/mol. The lowest BCUT2D eigenvalue weighted by Gasteiger charge is -2.36. The summed E-state index contributed by atoms with van der Waals surface area (Å²) in [6.07, 6.45) is -2.31. The van der Waals surface area contributed by atoms with Crippen LogP contribution in [0.15, 0.2) is 95.7 Å². The number of carbonyl (C=O) groups is 6. The van der Waals surface area contributed by atoms with Crippen LogP contribution in [-0.4, -0.2) is 110 Å². The number of hydrogen-bond acceptors (Lipinski definition) is 12. The first-order valence-corrected chi connectivity index (χ1v) is 28.3. The third kappa shape index (κ3) is 15.9. The van der Waals surface area contributed by atoms with Crippen LogP contribution in [0.25, 0.3) is 44.1 Å². The summed E-state index contributed by atoms with van der Waals surface area (Å²) in [5.74, 6) is -3.72. The highest BCUT2D eigenvalue weighted by atomic mass is 32.1. The van der Waals surface area contributed by atoms with E-state index in [1.807, 2.05) is 81.7 Å². The molecule has 6 N–H and O–H groups in total. The number of halogens is 3. The number of carboxylic acid groups (broad SMARTS) is 1. The molecule has 2 aromatic heterocycles. The molecule has 21 heteroatoms. The Kier molecular flexibility index (Phi) is 20.0. The first kappa shape index (κ1) is 62.2. The number of nitrogens with zero attached hydrogens (tertiary/aromatic N) is 4. The predicted molar refractivity (Wildman–Crippen MR) is 306 cm³/mol. The molecule has 0 spiro atoms. The Bertz CT molecular complexity index is 3170. The van der Waals surface area contributed by atoms with Crippen molar-refractivity contribution in [3.63, 3.8) is 0 Å². The molecule has 16 nitrogen and oxygen atoms in total. The Morgan fingerprint density at radius 2 is 1.01 bits per heavy atom. The lowest BCUT2D eigenvalue weighted by atomic mass is 9.85. The van der Waals surface area contributed by atoms with Crippen LogP contribution in [0.1, 0.15) is 124 Å². The molecule has 4 aromatic carbocycles. The highest BCUT2D eigenvalue weighted by Crippen LogP contribution is 2.40. The van der Waals surface area contributed by atoms with Crippen molar-refractivity contribution in [1.29, 1.82) is 0 Å². The van der Waals surface area contributed by atoms with Crippen LogP contribution in [0.2, 0.25) is 0 Å². The van der Waals surface area contributed by atoms with E-state index >= 15 is 0 Å². The number of likely N-dealkylation sites (tertiary alicyclic amines) is 2. The topological polar surface area (TPSA) is 226 Å². The maximum absolute atomic E-state index is 14.0. The number of thiazole rings is 2. The van der Waals surface area contributed by atoms with Crippen LogP contribution >= 0.6 is 22.7 Å². The number of aliphatic carboxylic acids is 1. The first-order chi connectivity index (χ1) is 37.3. The number of carbonyl (C=O) groups excluding carboxylic acids is 5. The molecule has 2 saturated heterocycles. The molecule has 2 aliphatic rings. The maximum atomic E-state index is 14.0. The molecule has 8 rings (SSSR count). The van der Waals surface area contributed by atoms with Gasteiger partial charge in [-0.05, 0) is 92.7 Å². The fraction of sp³-hybridized carbons (Fsp3) is 0.458. The van der Waals surface area contributed by atoms with Gasteiger partial charge >= 0.3 is 18.2 Å². The molecule has 0 bridgehead atoms. The van der Waals surface area contributed by atoms with Gasteiger partial charge in [-0.15, -0.1) is 22.7 Å². The average Bonchev–Trinajstić information content (AvgIpc) is 4.23. The minimum absolute atomic E-state index is 0.0686. The van der Waals surface area contributed by atoms with Crippen LogP contribution in [-0.2, 0) is 28.7 Å². The lowest BCUT2D eigenvalue weighted by Crippen LogP contribution is -2.58. The molecular formula is C59H73F3N8O8S2. The minimum Gasteiger partial charge on any atom is -0.475 e. The lowest BCUT2D eigenvalue weighted by molar-refractivity contribution is -0.192. The van der Waals surface area contributed by atoms with E-state index < -0.39 is 64.7 Å². The number of nitrogens with two attached hydrogens (primary N) is 1. The molecular weight excluding hydrogens is 1070 g/mol. The third-order valence-corrected chi connectivity index (χ3v) is 15.3. The zero-order valence-corrected chi connectivity index (χ0v) is 48.7. The van der Waals surface area contributed by atoms with Crippen molar-refractivity contribution in [1.82, 2.24) is 35.7 Å². The van der Waals surface area contributed by atoms with Gasteiger partial charge in [-0.1, -0.05) is 126 Å². The molecule has 4 heterocycles. The van der Waals surface area contributed by atoms with Crippen molar-refractivity contribution in [2.24, 2.45) is 16.6 Å². The van der Waals surface area contributed by atoms with Gasteiger partial charge in [-0.2, -0.15) is 13.2 Å². The number of fused-ring (bicyclic) bond motifs is 2. The predicted octanol–water partition coefficient (Wildman–Crippen LogP) is 11.2. The number of amides is 5. The van der Waals surface area contributed by atoms with Gasteiger partial charge in [0.05, 0.1) is 29.5 Å². The van der Waals surface area contributed by atoms with Crippen LogP contribution in [0.3, 0.4) is 0 Å². The maximum Gasteiger partial charge on any atom is 0.490 e. The molecule has 6 atom stereocenters. The van der Waals surface area contributed by atoms with Crippen molar-refractivity contribution < 1.29 is 51.8 Å². The molecule has 2 fully saturated rings. The van der Waals surface area contributed by atoms with Crippen molar-refractivity contribution in [3.8, 4) is 22.5 Å². The van der Waals surface area contributed by atoms with E-state index in [0.29, 0.717) is 13.1 Å². The number of nitrogens with one attached hydrogen (secondary N) is 3. The van der Waals surface area contributed by atoms with Crippen LogP contribution in [0.4, 0.5) is 18.0 Å². The van der Waals surface area contributed by atoms with Crippen molar-refractivity contribution in [2.45, 2.75) is 150 Å². The highest BCUT2D eigenvalue weighted by molar-refractivity contribution is 7.10. The van der Waals surface area contributed by atoms with E-state index in [1.165, 1.54) is 10.8 Å². The Hall–Kier alpha value is -6.97. The molecule has 80 heavy (non-hydrogen) atoms. The first-order valence-electron chi connectivity index (χ1n) is 26.5. The van der Waals surface area contributed by atoms with Gasteiger partial charge in [0.2, 0.25) is 23.6 Å². The second kappa shape index (κ2) is 25.6. The summed E-state index contributed by atoms with van der Waals surface area (Å²) in [5, 5.41) is 26.1. The van der Waals surface area contributed by atoms with Gasteiger partial charge in [-0.25, -0.2) is 19.6 Å². The van der Waals surface area contributed by atoms with Crippen LogP contribution < -0.4 is 21.7 Å². The summed E-state index contributed by atoms with van der Waals surface area (Å²) in [6.45, 7) is 21.4. The smallest absolute Gasteiger partial charge is 0.475 e. The van der Waals surface area contributed by atoms with Gasteiger partial charge in [0.25, 0.3) is 0 Å². The van der Waals surface area contributed by atoms with E-state index in [0.717, 1.165) is 69.0 Å². The summed E-state index contributed by atoms with van der Waals surface area (Å²) in [5.41, 5.74) is 8.09. The van der Waals surface area contributed by atoms with Gasteiger partial charge < -0.3 is 41.3 Å². The van der Waals surface area contributed by atoms with E-state index in [2.05, 4.69) is 81.3 Å². The van der Waals surface area contributed by atoms with Crippen molar-refractivity contribution >= 4 is 79.9 Å². The molecule has 0 unspecified atom stereocenters. The second-order valence-electron chi connectivity index (χ2n) is 23.1. The molecule has 2 aliphatic heterocycles. The Labute approximate surface area is 473 Å². The van der Waals surface area contributed by atoms with Gasteiger partial charge in [-0.3, -0.25) is 19.2 Å². The molecule has 6 aromatic rings. The van der Waals surface area contributed by atoms with Crippen molar-refractivity contribution in [3.05, 3.63) is 106 Å². The molecule has 0 saturated carbocycles. The summed E-state index contributed by atoms with van der Waals surface area (Å²) >= 11 is 3.16. The summed E-state index contributed by atoms with van der Waals surface area (Å²) in [7, 11) is 0. The van der Waals surface area contributed by atoms with Crippen molar-refractivity contribution in [2.75, 3.05) is 13.1 Å². The number of benzene rings is 4. The minimum atomic E-state index is -5.08. The molecule has 5 amide bonds. The standard InChI is InChI=1S/C31H40N4O4S.C26H32N4O2S.C2HF3O2/c1-19(32-29(38)39-31(5,6)7)26(36)34-25(30(2,3)4)28(37)35-17-11-16-24(35)27-33-23(18-40-27)22-15-10-13-20-12-8-9-14-21(20)22;1-16(27)23(31)29-22(26(2,3)4)25(32)30-14-8-13-21(30)24-28-20(15-33-24)19-12-7-10-17-9-5-6-11-18(17)19;3-2(4,5)1(6)7/h8-10,12-15,18-19,24-25H,11,16-17H2,1-7H3,(H,32,38)(H,34,36);5-7,9-12,15-16,21-22H,8,13-14,27H2,1-4H3,(H,29,31);(H,6,7)/t19-,24-,25+;16-,21-,22+;/m00./s1. The van der Waals surface area contributed by atoms with Crippen LogP contribution in [0, 0.1) is 10.8 Å². The number of alkyl carbamates (subject to hydrolysis) is 1. The van der Waals surface area contributed by atoms with Gasteiger partial charge in [0.1, 0.15) is 33.7 Å². The quantitative estimate of drug-likeness (QED) is 0.0820. The monoisotopic (exact) mass is 1140 g/mol. The number of rotatable bonds is 11. The van der Waals surface area contributed by atoms with E-state index in [4.69, 9.17) is 30.3 Å². The zero-order valence-electron chi connectivity index (χ0n) is 47.1. The third-order valence-electron chi connectivity index (χ3n) is 13.4. The number of ether oxygens (including phenoxy) is 1. The highest BCUT2D eigenvalue weighted by Gasteiger charge is 2.43. The van der Waals surface area contributed by atoms with E-state index in [9.17, 15) is 37.1 Å². The Morgan fingerprint density at radius 3 is 1.39 bits per heavy atom. The largest absolute Gasteiger partial charge is 0.490 e. The number of hydrogen-bond donors (Lipinski definition) is 5. The normalized spacial score (nSPS) is 17.2. The number of alkyl halides is 3. The van der Waals surface area contributed by atoms with Crippen LogP contribution in [0.5, 0.6) is 0 Å². The number of carboxylic acids is 1. The molecule has 0 radical (unpaired) electrons. The second-order valence-corrected chi connectivity index (χ2v) is 24.9. The fourth-order valence-electron chi connectivity index (χ4n) is 9.32. The number of aromatic nitrogens is 2. The summed E-state index contributed by atoms with van der Waals surface area (Å²) in [4.78, 5) is 87.8. The fourth-order valence-corrected chi connectivity index (χ4v) is 11.3. The molecule has 0 aliphatic carbocycles. The molecule has 430 valence electrons.